The number of aromatic nitrogens is 4. The number of para-hydroxylation sites is 1. The first-order chi connectivity index (χ1) is 22.5. The van der Waals surface area contributed by atoms with Crippen LogP contribution in [-0.4, -0.2) is 82.6 Å². The number of phenolic OH excluding ortho intramolecular Hbond substituents is 1. The van der Waals surface area contributed by atoms with Crippen molar-refractivity contribution in [1.82, 2.24) is 19.5 Å². The Morgan fingerprint density at radius 3 is 2.26 bits per heavy atom. The number of nitrogens with zero attached hydrogens (tertiary/aromatic N) is 4. The number of aliphatic hydroxyl groups excluding tert-OH is 1. The molecule has 3 aromatic heterocycles. The molecule has 5 aromatic rings. The first-order valence-corrected chi connectivity index (χ1v) is 14.6. The van der Waals surface area contributed by atoms with Crippen molar-refractivity contribution in [3.05, 3.63) is 89.6 Å². The normalized spacial score (nSPS) is 11.1. The molecule has 0 spiro atoms. The van der Waals surface area contributed by atoms with E-state index in [0.717, 1.165) is 5.69 Å². The lowest BCUT2D eigenvalue weighted by Crippen LogP contribution is -2.22. The van der Waals surface area contributed by atoms with E-state index in [1.807, 2.05) is 30.3 Å². The predicted octanol–water partition coefficient (Wildman–Crippen LogP) is 4.05. The Kier molecular flexibility index (Phi) is 11.4. The first-order valence-electron chi connectivity index (χ1n) is 14.6. The van der Waals surface area contributed by atoms with E-state index in [9.17, 15) is 9.90 Å². The van der Waals surface area contributed by atoms with Crippen molar-refractivity contribution < 1.29 is 33.9 Å². The molecule has 240 valence electrons. The van der Waals surface area contributed by atoms with Gasteiger partial charge < -0.3 is 39.2 Å². The molecule has 3 heterocycles. The average Bonchev–Trinajstić information content (AvgIpc) is 3.07. The topological polar surface area (TPSA) is 159 Å². The predicted molar refractivity (Wildman–Crippen MR) is 171 cm³/mol. The molecule has 0 unspecified atom stereocenters. The summed E-state index contributed by atoms with van der Waals surface area (Å²) in [5, 5.41) is 23.0. The summed E-state index contributed by atoms with van der Waals surface area (Å²) in [5.74, 6) is 1.50. The van der Waals surface area contributed by atoms with Gasteiger partial charge in [0.05, 0.1) is 69.2 Å². The van der Waals surface area contributed by atoms with Crippen LogP contribution in [0.3, 0.4) is 0 Å². The van der Waals surface area contributed by atoms with Crippen molar-refractivity contribution in [1.29, 1.82) is 0 Å². The summed E-state index contributed by atoms with van der Waals surface area (Å²) < 4.78 is 29.2. The van der Waals surface area contributed by atoms with Crippen molar-refractivity contribution in [2.75, 3.05) is 58.2 Å². The van der Waals surface area contributed by atoms with Gasteiger partial charge in [-0.3, -0.25) is 19.3 Å². The Hall–Kier alpha value is -5.08. The van der Waals surface area contributed by atoms with Gasteiger partial charge in [0.2, 0.25) is 5.95 Å². The molecule has 0 bridgehead atoms. The zero-order valence-electron chi connectivity index (χ0n) is 25.3. The third-order valence-electron chi connectivity index (χ3n) is 6.69. The molecule has 0 radical (unpaired) electrons. The Morgan fingerprint density at radius 1 is 0.804 bits per heavy atom. The quantitative estimate of drug-likeness (QED) is 0.127. The number of anilines is 2. The number of rotatable bonds is 17. The number of fused-ring (bicyclic) bond motifs is 1. The third-order valence-corrected chi connectivity index (χ3v) is 6.69. The number of ether oxygens (including phenoxy) is 5. The molecule has 0 saturated heterocycles. The van der Waals surface area contributed by atoms with E-state index in [2.05, 4.69) is 20.3 Å². The second-order valence-corrected chi connectivity index (χ2v) is 9.89. The van der Waals surface area contributed by atoms with Crippen molar-refractivity contribution in [3.8, 4) is 34.3 Å². The summed E-state index contributed by atoms with van der Waals surface area (Å²) in [6.45, 7) is 2.44. The van der Waals surface area contributed by atoms with Gasteiger partial charge in [-0.05, 0) is 36.4 Å². The van der Waals surface area contributed by atoms with Crippen LogP contribution in [0.5, 0.6) is 23.0 Å². The number of hydrogen-bond acceptors (Lipinski definition) is 12. The lowest BCUT2D eigenvalue weighted by molar-refractivity contribution is 0.00352. The molecular weight excluding hydrogens is 594 g/mol. The zero-order valence-corrected chi connectivity index (χ0v) is 25.3. The van der Waals surface area contributed by atoms with Gasteiger partial charge in [0, 0.05) is 36.6 Å². The number of aromatic hydroxyl groups is 1. The zero-order chi connectivity index (χ0) is 32.1. The van der Waals surface area contributed by atoms with Gasteiger partial charge in [0.25, 0.3) is 5.56 Å². The summed E-state index contributed by atoms with van der Waals surface area (Å²) in [4.78, 5) is 26.3. The van der Waals surface area contributed by atoms with Crippen LogP contribution < -0.4 is 20.3 Å². The minimum Gasteiger partial charge on any atom is -0.504 e. The maximum atomic E-state index is 13.1. The highest BCUT2D eigenvalue weighted by atomic mass is 16.6. The van der Waals surface area contributed by atoms with Crippen molar-refractivity contribution in [2.24, 2.45) is 7.05 Å². The summed E-state index contributed by atoms with van der Waals surface area (Å²) in [5.41, 5.74) is 1.93. The Labute approximate surface area is 265 Å². The van der Waals surface area contributed by atoms with E-state index in [-0.39, 0.29) is 30.3 Å². The Morgan fingerprint density at radius 2 is 1.54 bits per heavy atom. The van der Waals surface area contributed by atoms with Crippen LogP contribution in [0.1, 0.15) is 0 Å². The number of hydrogen-bond donors (Lipinski definition) is 3. The van der Waals surface area contributed by atoms with Crippen LogP contribution in [0.25, 0.3) is 22.2 Å². The molecule has 13 heteroatoms. The van der Waals surface area contributed by atoms with Crippen molar-refractivity contribution >= 4 is 22.5 Å². The number of benzene rings is 2. The lowest BCUT2D eigenvalue weighted by Gasteiger charge is -2.13. The molecule has 3 N–H and O–H groups in total. The molecule has 0 atom stereocenters. The minimum absolute atomic E-state index is 0.0119. The van der Waals surface area contributed by atoms with Crippen molar-refractivity contribution in [2.45, 2.75) is 0 Å². The molecule has 0 aliphatic carbocycles. The van der Waals surface area contributed by atoms with E-state index in [4.69, 9.17) is 28.8 Å². The molecule has 13 nitrogen and oxygen atoms in total. The maximum Gasteiger partial charge on any atom is 0.264 e. The second-order valence-electron chi connectivity index (χ2n) is 9.89. The van der Waals surface area contributed by atoms with E-state index < -0.39 is 0 Å². The minimum atomic E-state index is -0.249. The molecule has 2 aromatic carbocycles. The first kappa shape index (κ1) is 32.3. The van der Waals surface area contributed by atoms with Gasteiger partial charge in [0.1, 0.15) is 18.1 Å². The van der Waals surface area contributed by atoms with Gasteiger partial charge in [-0.25, -0.2) is 4.98 Å². The number of phenols is 1. The number of aliphatic hydroxyl groups is 1. The fourth-order valence-electron chi connectivity index (χ4n) is 4.37. The van der Waals surface area contributed by atoms with Gasteiger partial charge >= 0.3 is 0 Å². The van der Waals surface area contributed by atoms with Crippen LogP contribution in [0.15, 0.2) is 84.0 Å². The number of nitrogens with one attached hydrogen (secondary N) is 1. The Bertz CT molecular complexity index is 1770. The van der Waals surface area contributed by atoms with Crippen LogP contribution in [0.2, 0.25) is 0 Å². The number of pyridine rings is 2. The summed E-state index contributed by atoms with van der Waals surface area (Å²) in [6.07, 6.45) is 4.61. The third kappa shape index (κ3) is 8.55. The highest BCUT2D eigenvalue weighted by Crippen LogP contribution is 2.36. The molecule has 0 saturated carbocycles. The highest BCUT2D eigenvalue weighted by Gasteiger charge is 2.14. The van der Waals surface area contributed by atoms with Gasteiger partial charge in [0.15, 0.2) is 11.5 Å². The maximum absolute atomic E-state index is 13.1. The van der Waals surface area contributed by atoms with Crippen LogP contribution >= 0.6 is 0 Å². The largest absolute Gasteiger partial charge is 0.504 e. The average molecular weight is 630 g/mol. The van der Waals surface area contributed by atoms with Gasteiger partial charge in [-0.1, -0.05) is 18.2 Å². The fourth-order valence-corrected chi connectivity index (χ4v) is 4.37. The van der Waals surface area contributed by atoms with Crippen molar-refractivity contribution in [3.63, 3.8) is 0 Å². The standard InChI is InChI=1S/C33H35N5O8/c1-38-32(41)26(22-36-33(38)37-23-5-3-2-4-6-23)27-8-7-24(21-35-27)46-30-9-10-34-28-20-31(29(40)19-25(28)30)45-18-17-44-16-15-43-14-13-42-12-11-39/h2-10,19-22,39-40H,11-18H2,1H3,(H,36,37). The summed E-state index contributed by atoms with van der Waals surface area (Å²) in [6, 6.07) is 17.7. The van der Waals surface area contributed by atoms with Crippen LogP contribution in [-0.2, 0) is 21.3 Å². The second kappa shape index (κ2) is 16.3. The molecule has 46 heavy (non-hydrogen) atoms. The van der Waals surface area contributed by atoms with Crippen LogP contribution in [0.4, 0.5) is 11.6 Å². The van der Waals surface area contributed by atoms with Gasteiger partial charge in [-0.15, -0.1) is 0 Å². The Balaban J connectivity index is 1.17. The van der Waals surface area contributed by atoms with E-state index in [1.54, 1.807) is 37.5 Å². The smallest absolute Gasteiger partial charge is 0.264 e. The van der Waals surface area contributed by atoms with Gasteiger partial charge in [-0.2, -0.15) is 0 Å². The molecule has 0 amide bonds. The molecule has 0 fully saturated rings. The SMILES string of the molecule is Cn1c(Nc2ccccc2)ncc(-c2ccc(Oc3ccnc4cc(OCCOCCOCCOCCO)c(O)cc34)cn2)c1=O. The molecule has 0 aliphatic rings. The van der Waals surface area contributed by atoms with E-state index in [1.165, 1.54) is 23.0 Å². The summed E-state index contributed by atoms with van der Waals surface area (Å²) >= 11 is 0. The molecule has 5 rings (SSSR count). The monoisotopic (exact) mass is 629 g/mol. The highest BCUT2D eigenvalue weighted by molar-refractivity contribution is 5.88. The lowest BCUT2D eigenvalue weighted by atomic mass is 10.2. The summed E-state index contributed by atoms with van der Waals surface area (Å²) in [7, 11) is 1.65. The fraction of sp³-hybridized carbons (Fsp3) is 0.273. The molecule has 0 aliphatic heterocycles. The van der Waals surface area contributed by atoms with E-state index >= 15 is 0 Å². The van der Waals surface area contributed by atoms with E-state index in [0.29, 0.717) is 79.2 Å². The molecular formula is C33H35N5O8. The van der Waals surface area contributed by atoms with Crippen LogP contribution in [0, 0.1) is 0 Å².